The molecule has 0 saturated carbocycles. The summed E-state index contributed by atoms with van der Waals surface area (Å²) in [6.45, 7) is 3.22. The lowest BCUT2D eigenvalue weighted by Gasteiger charge is -2.11. The van der Waals surface area contributed by atoms with E-state index in [0.29, 0.717) is 0 Å². The fourth-order valence-electron chi connectivity index (χ4n) is 3.37. The maximum Gasteiger partial charge on any atom is 0.246 e. The van der Waals surface area contributed by atoms with Crippen molar-refractivity contribution in [2.45, 2.75) is 25.9 Å². The van der Waals surface area contributed by atoms with Gasteiger partial charge < -0.3 is 9.88 Å². The molecular formula is C18H22N6O. The molecule has 1 saturated heterocycles. The number of benzene rings is 1. The van der Waals surface area contributed by atoms with Crippen molar-refractivity contribution in [1.29, 1.82) is 0 Å². The highest BCUT2D eigenvalue weighted by Gasteiger charge is 2.14. The number of anilines is 1. The van der Waals surface area contributed by atoms with E-state index in [-0.39, 0.29) is 12.5 Å². The molecule has 0 radical (unpaired) electrons. The third-order valence-corrected chi connectivity index (χ3v) is 4.64. The monoisotopic (exact) mass is 338 g/mol. The molecule has 1 aliphatic heterocycles. The van der Waals surface area contributed by atoms with Gasteiger partial charge in [-0.05, 0) is 50.2 Å². The van der Waals surface area contributed by atoms with Gasteiger partial charge in [-0.1, -0.05) is 5.21 Å². The van der Waals surface area contributed by atoms with Crippen LogP contribution >= 0.6 is 0 Å². The largest absolute Gasteiger partial charge is 0.351 e. The quantitative estimate of drug-likeness (QED) is 0.773. The lowest BCUT2D eigenvalue weighted by molar-refractivity contribution is -0.116. The lowest BCUT2D eigenvalue weighted by atomic mass is 10.2. The van der Waals surface area contributed by atoms with Crippen molar-refractivity contribution in [3.05, 3.63) is 42.4 Å². The molecular weight excluding hydrogens is 316 g/mol. The van der Waals surface area contributed by atoms with Crippen molar-refractivity contribution in [1.82, 2.24) is 24.5 Å². The van der Waals surface area contributed by atoms with Crippen molar-refractivity contribution in [2.75, 3.05) is 18.4 Å². The van der Waals surface area contributed by atoms with E-state index in [4.69, 9.17) is 0 Å². The summed E-state index contributed by atoms with van der Waals surface area (Å²) in [6.07, 6.45) is 6.37. The third kappa shape index (κ3) is 3.56. The van der Waals surface area contributed by atoms with Gasteiger partial charge in [0.25, 0.3) is 0 Å². The Morgan fingerprint density at radius 1 is 1.24 bits per heavy atom. The number of amides is 1. The molecule has 3 heterocycles. The van der Waals surface area contributed by atoms with E-state index in [0.717, 1.165) is 41.9 Å². The summed E-state index contributed by atoms with van der Waals surface area (Å²) in [4.78, 5) is 14.6. The van der Waals surface area contributed by atoms with Gasteiger partial charge in [0.05, 0.1) is 11.9 Å². The molecule has 25 heavy (non-hydrogen) atoms. The van der Waals surface area contributed by atoms with Crippen LogP contribution in [0.3, 0.4) is 0 Å². The van der Waals surface area contributed by atoms with Crippen LogP contribution in [0.4, 0.5) is 5.69 Å². The molecule has 0 atom stereocenters. The second-order valence-electron chi connectivity index (χ2n) is 6.64. The van der Waals surface area contributed by atoms with Crippen LogP contribution in [0.15, 0.2) is 36.7 Å². The number of hydrogen-bond acceptors (Lipinski definition) is 4. The first kappa shape index (κ1) is 15.8. The summed E-state index contributed by atoms with van der Waals surface area (Å²) in [5.74, 6) is -0.104. The lowest BCUT2D eigenvalue weighted by Crippen LogP contribution is -2.19. The zero-order chi connectivity index (χ0) is 17.2. The van der Waals surface area contributed by atoms with Gasteiger partial charge in [0, 0.05) is 36.4 Å². The summed E-state index contributed by atoms with van der Waals surface area (Å²) in [6, 6.07) is 7.94. The SMILES string of the molecule is Cn1ccc2cc(NC(=O)Cn3cc(CN4CCCC4)nn3)ccc21. The number of carbonyl (C=O) groups excluding carboxylic acids is 1. The van der Waals surface area contributed by atoms with Gasteiger partial charge in [-0.25, -0.2) is 4.68 Å². The Morgan fingerprint density at radius 3 is 2.92 bits per heavy atom. The standard InChI is InChI=1S/C18H22N6O/c1-22-9-6-14-10-15(4-5-17(14)22)19-18(25)13-24-12-16(20-21-24)11-23-7-2-3-8-23/h4-6,9-10,12H,2-3,7-8,11,13H2,1H3,(H,19,25). The van der Waals surface area contributed by atoms with E-state index in [2.05, 4.69) is 25.1 Å². The van der Waals surface area contributed by atoms with Gasteiger partial charge in [-0.3, -0.25) is 9.69 Å². The first-order valence-corrected chi connectivity index (χ1v) is 8.64. The molecule has 1 amide bonds. The first-order valence-electron chi connectivity index (χ1n) is 8.64. The summed E-state index contributed by atoms with van der Waals surface area (Å²) in [5.41, 5.74) is 2.85. The molecule has 2 aromatic heterocycles. The fourth-order valence-corrected chi connectivity index (χ4v) is 3.37. The maximum absolute atomic E-state index is 12.3. The average molecular weight is 338 g/mol. The topological polar surface area (TPSA) is 68.0 Å². The summed E-state index contributed by atoms with van der Waals surface area (Å²) in [5, 5.41) is 12.3. The molecule has 1 N–H and O–H groups in total. The maximum atomic E-state index is 12.3. The molecule has 130 valence electrons. The van der Waals surface area contributed by atoms with Crippen LogP contribution in [0.1, 0.15) is 18.5 Å². The minimum absolute atomic E-state index is 0.104. The van der Waals surface area contributed by atoms with E-state index in [1.54, 1.807) is 4.68 Å². The number of nitrogens with one attached hydrogen (secondary N) is 1. The van der Waals surface area contributed by atoms with Gasteiger partial charge in [0.1, 0.15) is 6.54 Å². The fraction of sp³-hybridized carbons (Fsp3) is 0.389. The van der Waals surface area contributed by atoms with Gasteiger partial charge in [-0.15, -0.1) is 5.10 Å². The Hall–Kier alpha value is -2.67. The number of hydrogen-bond donors (Lipinski definition) is 1. The molecule has 1 aliphatic rings. The highest BCUT2D eigenvalue weighted by molar-refractivity contribution is 5.93. The number of rotatable bonds is 5. The van der Waals surface area contributed by atoms with Crippen LogP contribution in [0, 0.1) is 0 Å². The van der Waals surface area contributed by atoms with Crippen LogP contribution in [0.25, 0.3) is 10.9 Å². The Labute approximate surface area is 146 Å². The second kappa shape index (κ2) is 6.68. The van der Waals surface area contributed by atoms with Crippen molar-refractivity contribution in [3.63, 3.8) is 0 Å². The molecule has 3 aromatic rings. The van der Waals surface area contributed by atoms with Crippen molar-refractivity contribution < 1.29 is 4.79 Å². The van der Waals surface area contributed by atoms with Crippen molar-refractivity contribution in [3.8, 4) is 0 Å². The molecule has 0 aliphatic carbocycles. The minimum Gasteiger partial charge on any atom is -0.351 e. The van der Waals surface area contributed by atoms with Gasteiger partial charge in [-0.2, -0.15) is 0 Å². The minimum atomic E-state index is -0.104. The number of carbonyl (C=O) groups is 1. The summed E-state index contributed by atoms with van der Waals surface area (Å²) in [7, 11) is 2.00. The molecule has 4 rings (SSSR count). The smallest absolute Gasteiger partial charge is 0.246 e. The van der Waals surface area contributed by atoms with E-state index in [1.165, 1.54) is 12.8 Å². The Kier molecular flexibility index (Phi) is 4.23. The zero-order valence-electron chi connectivity index (χ0n) is 14.4. The van der Waals surface area contributed by atoms with Crippen LogP contribution in [-0.4, -0.2) is 43.5 Å². The molecule has 7 nitrogen and oxygen atoms in total. The Morgan fingerprint density at radius 2 is 2.08 bits per heavy atom. The number of fused-ring (bicyclic) bond motifs is 1. The van der Waals surface area contributed by atoms with Gasteiger partial charge in [0.15, 0.2) is 0 Å². The number of likely N-dealkylation sites (tertiary alicyclic amines) is 1. The van der Waals surface area contributed by atoms with Crippen LogP contribution in [-0.2, 0) is 24.9 Å². The number of aryl methyl sites for hydroxylation is 1. The summed E-state index contributed by atoms with van der Waals surface area (Å²) >= 11 is 0. The van der Waals surface area contributed by atoms with Crippen molar-refractivity contribution >= 4 is 22.5 Å². The number of nitrogens with zero attached hydrogens (tertiary/aromatic N) is 5. The summed E-state index contributed by atoms with van der Waals surface area (Å²) < 4.78 is 3.65. The molecule has 0 spiro atoms. The highest BCUT2D eigenvalue weighted by Crippen LogP contribution is 2.19. The highest BCUT2D eigenvalue weighted by atomic mass is 16.2. The van der Waals surface area contributed by atoms with Gasteiger partial charge >= 0.3 is 0 Å². The second-order valence-corrected chi connectivity index (χ2v) is 6.64. The molecule has 1 aromatic carbocycles. The predicted molar refractivity (Wildman–Crippen MR) is 96.1 cm³/mol. The Balaban J connectivity index is 1.37. The van der Waals surface area contributed by atoms with Crippen LogP contribution in [0.2, 0.25) is 0 Å². The van der Waals surface area contributed by atoms with Crippen molar-refractivity contribution in [2.24, 2.45) is 7.05 Å². The van der Waals surface area contributed by atoms with E-state index in [9.17, 15) is 4.79 Å². The average Bonchev–Trinajstić information content (AvgIpc) is 3.31. The molecule has 0 bridgehead atoms. The van der Waals surface area contributed by atoms with Crippen LogP contribution in [0.5, 0.6) is 0 Å². The number of aromatic nitrogens is 4. The molecule has 0 unspecified atom stereocenters. The van der Waals surface area contributed by atoms with Gasteiger partial charge in [0.2, 0.25) is 5.91 Å². The van der Waals surface area contributed by atoms with E-state index >= 15 is 0 Å². The molecule has 1 fully saturated rings. The normalized spacial score (nSPS) is 15.1. The Bertz CT molecular complexity index is 890. The molecule has 7 heteroatoms. The third-order valence-electron chi connectivity index (χ3n) is 4.64. The van der Waals surface area contributed by atoms with E-state index in [1.807, 2.05) is 43.7 Å². The van der Waals surface area contributed by atoms with Crippen LogP contribution < -0.4 is 5.32 Å². The first-order chi connectivity index (χ1) is 12.2. The predicted octanol–water partition coefficient (Wildman–Crippen LogP) is 2.00. The zero-order valence-corrected chi connectivity index (χ0v) is 14.4. The van der Waals surface area contributed by atoms with E-state index < -0.39 is 0 Å².